The molecule has 0 atom stereocenters. The summed E-state index contributed by atoms with van der Waals surface area (Å²) >= 11 is 0. The Balaban J connectivity index is 1.60. The molecule has 0 saturated heterocycles. The van der Waals surface area contributed by atoms with E-state index in [1.54, 1.807) is 0 Å². The average Bonchev–Trinajstić information content (AvgIpc) is 2.97. The number of rotatable bonds is 15. The Bertz CT molecular complexity index is 1170. The van der Waals surface area contributed by atoms with Gasteiger partial charge in [0.25, 0.3) is 0 Å². The van der Waals surface area contributed by atoms with Crippen molar-refractivity contribution in [2.24, 2.45) is 17.8 Å². The zero-order valence-electron chi connectivity index (χ0n) is 26.4. The molecule has 0 bridgehead atoms. The predicted molar refractivity (Wildman–Crippen MR) is 178 cm³/mol. The maximum Gasteiger partial charge on any atom is 0.119 e. The van der Waals surface area contributed by atoms with Crippen LogP contribution < -0.4 is 14.2 Å². The maximum atomic E-state index is 5.97. The Morgan fingerprint density at radius 1 is 0.357 bits per heavy atom. The molecule has 0 N–H and O–H groups in total. The highest BCUT2D eigenvalue weighted by Gasteiger charge is 2.10. The molecular weight excluding hydrogens is 516 g/mol. The highest BCUT2D eigenvalue weighted by molar-refractivity contribution is 5.81. The van der Waals surface area contributed by atoms with Gasteiger partial charge >= 0.3 is 0 Å². The largest absolute Gasteiger partial charge is 0.494 e. The topological polar surface area (TPSA) is 27.7 Å². The molecular formula is C39H48O3. The van der Waals surface area contributed by atoms with Crippen LogP contribution >= 0.6 is 0 Å². The van der Waals surface area contributed by atoms with Gasteiger partial charge in [0.05, 0.1) is 19.8 Å². The van der Waals surface area contributed by atoms with Crippen molar-refractivity contribution >= 4 is 0 Å². The molecule has 3 heteroatoms. The Hall–Kier alpha value is -3.72. The molecule has 0 aromatic heterocycles. The van der Waals surface area contributed by atoms with Gasteiger partial charge in [0.1, 0.15) is 17.2 Å². The predicted octanol–water partition coefficient (Wildman–Crippen LogP) is 11.0. The van der Waals surface area contributed by atoms with E-state index in [-0.39, 0.29) is 0 Å². The normalized spacial score (nSPS) is 11.4. The fraction of sp³-hybridized carbons (Fsp3) is 0.385. The van der Waals surface area contributed by atoms with Crippen molar-refractivity contribution < 1.29 is 14.2 Å². The number of hydrogen-bond donors (Lipinski definition) is 0. The Kier molecular flexibility index (Phi) is 11.5. The Labute approximate surface area is 253 Å². The van der Waals surface area contributed by atoms with Crippen molar-refractivity contribution in [3.63, 3.8) is 0 Å². The van der Waals surface area contributed by atoms with E-state index in [1.165, 1.54) is 16.7 Å². The zero-order chi connectivity index (χ0) is 29.9. The first-order valence-electron chi connectivity index (χ1n) is 15.6. The summed E-state index contributed by atoms with van der Waals surface area (Å²) in [6.07, 6.45) is 3.16. The van der Waals surface area contributed by atoms with E-state index in [4.69, 9.17) is 14.2 Å². The first-order chi connectivity index (χ1) is 20.3. The first kappa shape index (κ1) is 31.2. The summed E-state index contributed by atoms with van der Waals surface area (Å²) in [7, 11) is 0. The van der Waals surface area contributed by atoms with E-state index < -0.39 is 0 Å². The van der Waals surface area contributed by atoms with Crippen LogP contribution in [0.15, 0.2) is 91.0 Å². The van der Waals surface area contributed by atoms with Crippen LogP contribution in [0.25, 0.3) is 33.4 Å². The van der Waals surface area contributed by atoms with E-state index in [0.29, 0.717) is 17.8 Å². The third-order valence-electron chi connectivity index (χ3n) is 7.39. The van der Waals surface area contributed by atoms with Gasteiger partial charge in [-0.1, -0.05) is 77.9 Å². The fourth-order valence-electron chi connectivity index (χ4n) is 4.60. The monoisotopic (exact) mass is 564 g/mol. The van der Waals surface area contributed by atoms with Crippen LogP contribution in [0.1, 0.15) is 60.8 Å². The van der Waals surface area contributed by atoms with Crippen LogP contribution in [0.4, 0.5) is 0 Å². The van der Waals surface area contributed by atoms with Gasteiger partial charge in [0.15, 0.2) is 0 Å². The van der Waals surface area contributed by atoms with Gasteiger partial charge in [-0.05, 0) is 125 Å². The summed E-state index contributed by atoms with van der Waals surface area (Å²) in [6, 6.07) is 32.2. The van der Waals surface area contributed by atoms with Crippen molar-refractivity contribution in [2.75, 3.05) is 19.8 Å². The molecule has 0 spiro atoms. The van der Waals surface area contributed by atoms with E-state index in [9.17, 15) is 0 Å². The van der Waals surface area contributed by atoms with Crippen LogP contribution in [-0.4, -0.2) is 19.8 Å². The Morgan fingerprint density at radius 2 is 0.595 bits per heavy atom. The first-order valence-corrected chi connectivity index (χ1v) is 15.6. The van der Waals surface area contributed by atoms with Crippen molar-refractivity contribution in [1.29, 1.82) is 0 Å². The number of hydrogen-bond acceptors (Lipinski definition) is 3. The summed E-state index contributed by atoms with van der Waals surface area (Å²) < 4.78 is 17.9. The quantitative estimate of drug-likeness (QED) is 0.144. The van der Waals surface area contributed by atoms with Crippen molar-refractivity contribution in [3.8, 4) is 50.6 Å². The molecule has 4 rings (SSSR count). The second-order valence-corrected chi connectivity index (χ2v) is 12.5. The summed E-state index contributed by atoms with van der Waals surface area (Å²) in [5, 5.41) is 0. The molecule has 0 aliphatic carbocycles. The SMILES string of the molecule is CC(C)CCOc1ccc(-c2cc(-c3ccc(OCCC(C)C)cc3)cc(-c3ccc(OCCC(C)C)cc3)c2)cc1. The lowest BCUT2D eigenvalue weighted by molar-refractivity contribution is 0.289. The lowest BCUT2D eigenvalue weighted by Gasteiger charge is -2.14. The van der Waals surface area contributed by atoms with Crippen LogP contribution in [0, 0.1) is 17.8 Å². The average molecular weight is 565 g/mol. The molecule has 3 nitrogen and oxygen atoms in total. The molecule has 0 amide bonds. The lowest BCUT2D eigenvalue weighted by atomic mass is 9.93. The summed E-state index contributed by atoms with van der Waals surface area (Å²) in [6.45, 7) is 15.5. The number of benzene rings is 4. The van der Waals surface area contributed by atoms with Crippen LogP contribution in [0.2, 0.25) is 0 Å². The molecule has 222 valence electrons. The lowest BCUT2D eigenvalue weighted by Crippen LogP contribution is -2.01. The van der Waals surface area contributed by atoms with Gasteiger partial charge in [0.2, 0.25) is 0 Å². The zero-order valence-corrected chi connectivity index (χ0v) is 26.4. The molecule has 0 aliphatic rings. The minimum absolute atomic E-state index is 0.631. The minimum Gasteiger partial charge on any atom is -0.494 e. The molecule has 0 aliphatic heterocycles. The van der Waals surface area contributed by atoms with Gasteiger partial charge in [-0.2, -0.15) is 0 Å². The molecule has 0 fully saturated rings. The second kappa shape index (κ2) is 15.5. The fourth-order valence-corrected chi connectivity index (χ4v) is 4.60. The maximum absolute atomic E-state index is 5.97. The van der Waals surface area contributed by atoms with Gasteiger partial charge in [-0.15, -0.1) is 0 Å². The second-order valence-electron chi connectivity index (χ2n) is 12.5. The molecule has 0 unspecified atom stereocenters. The van der Waals surface area contributed by atoms with Crippen LogP contribution in [0.5, 0.6) is 17.2 Å². The molecule has 0 heterocycles. The third kappa shape index (κ3) is 9.69. The summed E-state index contributed by atoms with van der Waals surface area (Å²) in [5.74, 6) is 4.64. The third-order valence-corrected chi connectivity index (χ3v) is 7.39. The highest BCUT2D eigenvalue weighted by atomic mass is 16.5. The van der Waals surface area contributed by atoms with Crippen molar-refractivity contribution in [1.82, 2.24) is 0 Å². The van der Waals surface area contributed by atoms with Gasteiger partial charge < -0.3 is 14.2 Å². The standard InChI is InChI=1S/C39H48O3/c1-28(2)19-22-40-37-13-7-31(8-14-37)34-25-35(32-9-15-38(16-10-32)41-23-20-29(3)4)27-36(26-34)33-11-17-39(18-12-33)42-24-21-30(5)6/h7-18,25-30H,19-24H2,1-6H3. The van der Waals surface area contributed by atoms with E-state index in [1.807, 2.05) is 0 Å². The van der Waals surface area contributed by atoms with Crippen LogP contribution in [-0.2, 0) is 0 Å². The molecule has 4 aromatic carbocycles. The van der Waals surface area contributed by atoms with Crippen molar-refractivity contribution in [3.05, 3.63) is 91.0 Å². The highest BCUT2D eigenvalue weighted by Crippen LogP contribution is 2.35. The molecule has 0 saturated carbocycles. The van der Waals surface area contributed by atoms with Gasteiger partial charge in [0, 0.05) is 0 Å². The smallest absolute Gasteiger partial charge is 0.119 e. The summed E-state index contributed by atoms with van der Waals surface area (Å²) in [4.78, 5) is 0. The molecule has 4 aromatic rings. The van der Waals surface area contributed by atoms with Crippen molar-refractivity contribution in [2.45, 2.75) is 60.8 Å². The Morgan fingerprint density at radius 3 is 0.810 bits per heavy atom. The van der Waals surface area contributed by atoms with Gasteiger partial charge in [-0.3, -0.25) is 0 Å². The van der Waals surface area contributed by atoms with Crippen LogP contribution in [0.3, 0.4) is 0 Å². The van der Waals surface area contributed by atoms with E-state index in [0.717, 1.165) is 73.0 Å². The molecule has 42 heavy (non-hydrogen) atoms. The minimum atomic E-state index is 0.631. The van der Waals surface area contributed by atoms with E-state index in [2.05, 4.69) is 133 Å². The van der Waals surface area contributed by atoms with Gasteiger partial charge in [-0.25, -0.2) is 0 Å². The molecule has 0 radical (unpaired) electrons. The summed E-state index contributed by atoms with van der Waals surface area (Å²) in [5.41, 5.74) is 7.01. The number of ether oxygens (including phenoxy) is 3. The van der Waals surface area contributed by atoms with E-state index >= 15 is 0 Å².